The second-order valence-electron chi connectivity index (χ2n) is 9.37. The molecule has 1 aliphatic carbocycles. The Balaban J connectivity index is 1.36. The summed E-state index contributed by atoms with van der Waals surface area (Å²) in [5.74, 6) is 0.688. The van der Waals surface area contributed by atoms with Gasteiger partial charge in [0.15, 0.2) is 5.65 Å². The average Bonchev–Trinajstić information content (AvgIpc) is 3.09. The quantitative estimate of drug-likeness (QED) is 0.225. The predicted octanol–water partition coefficient (Wildman–Crippen LogP) is 8.50. The molecule has 0 amide bonds. The molecule has 33 heavy (non-hydrogen) atoms. The van der Waals surface area contributed by atoms with Crippen LogP contribution in [0.1, 0.15) is 82.3 Å². The molecule has 0 bridgehead atoms. The zero-order valence-corrected chi connectivity index (χ0v) is 21.1. The van der Waals surface area contributed by atoms with Crippen LogP contribution < -0.4 is 0 Å². The molecule has 0 spiro atoms. The van der Waals surface area contributed by atoms with Crippen LogP contribution in [0.15, 0.2) is 54.4 Å². The molecule has 0 N–H and O–H groups in total. The van der Waals surface area contributed by atoms with E-state index in [1.165, 1.54) is 73.9 Å². The lowest BCUT2D eigenvalue weighted by atomic mass is 9.88. The van der Waals surface area contributed by atoms with Crippen LogP contribution in [0.4, 0.5) is 0 Å². The van der Waals surface area contributed by atoms with Crippen molar-refractivity contribution in [1.29, 1.82) is 0 Å². The van der Waals surface area contributed by atoms with Gasteiger partial charge in [0.2, 0.25) is 0 Å². The molecule has 1 aliphatic rings. The fourth-order valence-corrected chi connectivity index (χ4v) is 5.76. The Kier molecular flexibility index (Phi) is 8.44. The molecule has 3 heterocycles. The molecular weight excluding hydrogens is 422 g/mol. The molecule has 3 aromatic rings. The number of fused-ring (bicyclic) bond motifs is 1. The third-order valence-electron chi connectivity index (χ3n) is 6.88. The maximum Gasteiger partial charge on any atom is 0.170 e. The summed E-state index contributed by atoms with van der Waals surface area (Å²) in [6, 6.07) is 6.45. The number of rotatable bonds is 10. The van der Waals surface area contributed by atoms with E-state index >= 15 is 0 Å². The number of allylic oxidation sites excluding steroid dienone is 3. The molecular formula is C29H37N3S. The fraction of sp³-hybridized carbons (Fsp3) is 0.483. The summed E-state index contributed by atoms with van der Waals surface area (Å²) in [4.78, 5) is 14.0. The van der Waals surface area contributed by atoms with Crippen LogP contribution in [0.5, 0.6) is 0 Å². The number of thiazole rings is 1. The highest BCUT2D eigenvalue weighted by molar-refractivity contribution is 7.18. The molecule has 3 aromatic heterocycles. The second kappa shape index (κ2) is 11.7. The molecule has 0 radical (unpaired) electrons. The first-order valence-corrected chi connectivity index (χ1v) is 13.5. The van der Waals surface area contributed by atoms with E-state index in [0.29, 0.717) is 5.92 Å². The zero-order valence-electron chi connectivity index (χ0n) is 20.3. The molecule has 3 nitrogen and oxygen atoms in total. The van der Waals surface area contributed by atoms with Gasteiger partial charge in [0.1, 0.15) is 0 Å². The zero-order chi connectivity index (χ0) is 23.0. The van der Waals surface area contributed by atoms with Crippen molar-refractivity contribution in [2.45, 2.75) is 84.5 Å². The van der Waals surface area contributed by atoms with Crippen LogP contribution in [0, 0.1) is 5.92 Å². The first kappa shape index (κ1) is 23.8. The minimum atomic E-state index is 0.688. The van der Waals surface area contributed by atoms with Crippen molar-refractivity contribution >= 4 is 21.7 Å². The number of pyridine rings is 2. The molecule has 0 saturated heterocycles. The van der Waals surface area contributed by atoms with Crippen LogP contribution in [-0.2, 0) is 12.8 Å². The lowest BCUT2D eigenvalue weighted by molar-refractivity contribution is 0.507. The number of aryl methyl sites for hydroxylation is 1. The van der Waals surface area contributed by atoms with Crippen LogP contribution in [0.3, 0.4) is 0 Å². The van der Waals surface area contributed by atoms with Crippen molar-refractivity contribution in [3.63, 3.8) is 0 Å². The summed E-state index contributed by atoms with van der Waals surface area (Å²) < 4.78 is 1.16. The van der Waals surface area contributed by atoms with Crippen molar-refractivity contribution < 1.29 is 0 Å². The Labute approximate surface area is 203 Å². The normalized spacial score (nSPS) is 16.5. The monoisotopic (exact) mass is 459 g/mol. The van der Waals surface area contributed by atoms with E-state index in [0.717, 1.165) is 40.0 Å². The Bertz CT molecular complexity index is 1090. The van der Waals surface area contributed by atoms with Gasteiger partial charge in [-0.15, -0.1) is 11.3 Å². The van der Waals surface area contributed by atoms with E-state index in [1.54, 1.807) is 11.3 Å². The van der Waals surface area contributed by atoms with E-state index in [4.69, 9.17) is 4.98 Å². The second-order valence-corrected chi connectivity index (χ2v) is 10.5. The Morgan fingerprint density at radius 1 is 1.06 bits per heavy atom. The van der Waals surface area contributed by atoms with Crippen LogP contribution in [0.2, 0.25) is 0 Å². The molecule has 0 saturated carbocycles. The summed E-state index contributed by atoms with van der Waals surface area (Å²) in [6.07, 6.45) is 19.6. The first-order valence-electron chi connectivity index (χ1n) is 12.7. The van der Waals surface area contributed by atoms with E-state index in [1.807, 2.05) is 12.4 Å². The largest absolute Gasteiger partial charge is 0.261 e. The van der Waals surface area contributed by atoms with E-state index in [-0.39, 0.29) is 0 Å². The highest BCUT2D eigenvalue weighted by Crippen LogP contribution is 2.33. The third-order valence-corrected chi connectivity index (χ3v) is 7.87. The van der Waals surface area contributed by atoms with Gasteiger partial charge in [-0.25, -0.2) is 9.97 Å². The number of aromatic nitrogens is 3. The van der Waals surface area contributed by atoms with Gasteiger partial charge in [0, 0.05) is 35.6 Å². The van der Waals surface area contributed by atoms with Crippen LogP contribution >= 0.6 is 11.3 Å². The van der Waals surface area contributed by atoms with Gasteiger partial charge in [-0.2, -0.15) is 0 Å². The molecule has 0 aromatic carbocycles. The van der Waals surface area contributed by atoms with Gasteiger partial charge in [-0.3, -0.25) is 4.98 Å². The van der Waals surface area contributed by atoms with Crippen molar-refractivity contribution in [2.24, 2.45) is 5.92 Å². The SMILES string of the molecule is C=C(CCCCCC)C1CCC=C(Cc2nc3ncc(-c4ccc(CC)nc4)cc3s2)CC1. The summed E-state index contributed by atoms with van der Waals surface area (Å²) in [5.41, 5.74) is 7.23. The first-order chi connectivity index (χ1) is 16.2. The van der Waals surface area contributed by atoms with Gasteiger partial charge >= 0.3 is 0 Å². The Morgan fingerprint density at radius 3 is 2.73 bits per heavy atom. The summed E-state index contributed by atoms with van der Waals surface area (Å²) in [5, 5.41) is 1.18. The van der Waals surface area contributed by atoms with E-state index in [2.05, 4.69) is 54.7 Å². The topological polar surface area (TPSA) is 38.7 Å². The van der Waals surface area contributed by atoms with Crippen molar-refractivity contribution in [3.8, 4) is 11.1 Å². The molecule has 1 atom stereocenters. The molecule has 0 aliphatic heterocycles. The molecule has 1 unspecified atom stereocenters. The van der Waals surface area contributed by atoms with Crippen LogP contribution in [0.25, 0.3) is 21.5 Å². The number of unbranched alkanes of at least 4 members (excludes halogenated alkanes) is 3. The minimum absolute atomic E-state index is 0.688. The van der Waals surface area contributed by atoms with Crippen LogP contribution in [-0.4, -0.2) is 15.0 Å². The maximum atomic E-state index is 4.85. The number of hydrogen-bond donors (Lipinski definition) is 0. The number of hydrogen-bond acceptors (Lipinski definition) is 4. The standard InChI is InChI=1S/C29H37N3S/c1-4-6-7-8-10-21(3)23-12-9-11-22(13-14-23)17-28-32-29-27(33-28)18-25(20-31-29)24-15-16-26(5-2)30-19-24/h11,15-16,18-20,23H,3-10,12-14,17H2,1-2H3. The van der Waals surface area contributed by atoms with E-state index in [9.17, 15) is 0 Å². The van der Waals surface area contributed by atoms with Gasteiger partial charge in [-0.1, -0.05) is 63.0 Å². The van der Waals surface area contributed by atoms with Gasteiger partial charge < -0.3 is 0 Å². The van der Waals surface area contributed by atoms with E-state index < -0.39 is 0 Å². The van der Waals surface area contributed by atoms with Crippen molar-refractivity contribution in [2.75, 3.05) is 0 Å². The predicted molar refractivity (Wildman–Crippen MR) is 142 cm³/mol. The summed E-state index contributed by atoms with van der Waals surface area (Å²) >= 11 is 1.78. The van der Waals surface area contributed by atoms with Gasteiger partial charge in [0.05, 0.1) is 9.71 Å². The highest BCUT2D eigenvalue weighted by atomic mass is 32.1. The fourth-order valence-electron chi connectivity index (χ4n) is 4.74. The summed E-state index contributed by atoms with van der Waals surface area (Å²) in [6.45, 7) is 8.85. The van der Waals surface area contributed by atoms with Crippen molar-refractivity contribution in [3.05, 3.63) is 65.1 Å². The molecule has 0 fully saturated rings. The molecule has 4 heteroatoms. The lowest BCUT2D eigenvalue weighted by Gasteiger charge is -2.17. The molecule has 4 rings (SSSR count). The summed E-state index contributed by atoms with van der Waals surface area (Å²) in [7, 11) is 0. The highest BCUT2D eigenvalue weighted by Gasteiger charge is 2.17. The molecule has 174 valence electrons. The third kappa shape index (κ3) is 6.38. The number of nitrogens with zero attached hydrogens (tertiary/aromatic N) is 3. The smallest absolute Gasteiger partial charge is 0.170 e. The Hall–Kier alpha value is -2.33. The maximum absolute atomic E-state index is 4.85. The average molecular weight is 460 g/mol. The van der Waals surface area contributed by atoms with Gasteiger partial charge in [-0.05, 0) is 63.0 Å². The van der Waals surface area contributed by atoms with Gasteiger partial charge in [0.25, 0.3) is 0 Å². The minimum Gasteiger partial charge on any atom is -0.261 e. The van der Waals surface area contributed by atoms with Crippen molar-refractivity contribution in [1.82, 2.24) is 15.0 Å². The Morgan fingerprint density at radius 2 is 1.94 bits per heavy atom. The lowest BCUT2D eigenvalue weighted by Crippen LogP contribution is -2.03.